The first kappa shape index (κ1) is 35.2. The van der Waals surface area contributed by atoms with Crippen LogP contribution in [0.1, 0.15) is 0 Å². The zero-order valence-electron chi connectivity index (χ0n) is 33.9. The number of para-hydroxylation sites is 4. The van der Waals surface area contributed by atoms with Crippen LogP contribution in [0.15, 0.2) is 217 Å². The summed E-state index contributed by atoms with van der Waals surface area (Å²) in [5, 5.41) is 6.79. The average Bonchev–Trinajstić information content (AvgIpc) is 4.02. The molecule has 0 atom stereocenters. The number of furan rings is 1. The Morgan fingerprint density at radius 1 is 0.302 bits per heavy atom. The summed E-state index contributed by atoms with van der Waals surface area (Å²) in [6.45, 7) is 0. The monoisotopic (exact) mass is 805 g/mol. The minimum Gasteiger partial charge on any atom is -0.456 e. The highest BCUT2D eigenvalue weighted by molar-refractivity contribution is 6.15. The van der Waals surface area contributed by atoms with Gasteiger partial charge < -0.3 is 13.6 Å². The van der Waals surface area contributed by atoms with E-state index in [1.165, 1.54) is 16.2 Å². The zero-order valence-corrected chi connectivity index (χ0v) is 33.9. The van der Waals surface area contributed by atoms with Crippen LogP contribution < -0.4 is 0 Å². The Kier molecular flexibility index (Phi) is 7.80. The lowest BCUT2D eigenvalue weighted by molar-refractivity contribution is 0.669. The number of hydrogen-bond acceptors (Lipinski definition) is 4. The molecule has 0 fully saturated rings. The number of fused-ring (bicyclic) bond motifs is 9. The number of aromatic nitrogens is 5. The molecule has 0 bridgehead atoms. The highest BCUT2D eigenvalue weighted by atomic mass is 16.3. The number of benzene rings is 9. The predicted molar refractivity (Wildman–Crippen MR) is 258 cm³/mol. The number of rotatable bonds is 6. The van der Waals surface area contributed by atoms with Crippen LogP contribution in [0.2, 0.25) is 0 Å². The molecule has 6 nitrogen and oxygen atoms in total. The first-order valence-electron chi connectivity index (χ1n) is 21.2. The van der Waals surface area contributed by atoms with Gasteiger partial charge in [-0.05, 0) is 77.9 Å². The van der Waals surface area contributed by atoms with Gasteiger partial charge in [-0.1, -0.05) is 146 Å². The highest BCUT2D eigenvalue weighted by Gasteiger charge is 2.21. The first-order valence-corrected chi connectivity index (χ1v) is 21.2. The third-order valence-electron chi connectivity index (χ3n) is 12.4. The standard InChI is InChI=1S/C57H35N5O/c1-4-15-36(16-5-1)38-28-31-52-46(33-38)47-34-39(29-32-53(47)63-52)56-58-55(37-17-6-2-7-18-37)59-57(60-56)40-27-30-44-42-21-10-13-25-49(42)62(51(44)35-40)50-26-14-23-45-43-22-11-12-24-48(43)61(54(45)50)41-19-8-3-9-20-41/h1-35H. The van der Waals surface area contributed by atoms with E-state index in [-0.39, 0.29) is 0 Å². The van der Waals surface area contributed by atoms with Crippen LogP contribution in [0.3, 0.4) is 0 Å². The van der Waals surface area contributed by atoms with Gasteiger partial charge >= 0.3 is 0 Å². The topological polar surface area (TPSA) is 61.7 Å². The fourth-order valence-corrected chi connectivity index (χ4v) is 9.47. The molecular weight excluding hydrogens is 771 g/mol. The molecule has 0 saturated heterocycles. The maximum atomic E-state index is 6.35. The van der Waals surface area contributed by atoms with E-state index in [0.717, 1.165) is 88.6 Å². The molecule has 0 N–H and O–H groups in total. The molecule has 9 aromatic carbocycles. The summed E-state index contributed by atoms with van der Waals surface area (Å²) in [5.41, 5.74) is 13.3. The normalized spacial score (nSPS) is 11.8. The van der Waals surface area contributed by atoms with Crippen molar-refractivity contribution in [3.05, 3.63) is 212 Å². The van der Waals surface area contributed by atoms with Crippen LogP contribution in [0.5, 0.6) is 0 Å². The molecule has 0 amide bonds. The Balaban J connectivity index is 1.03. The van der Waals surface area contributed by atoms with Gasteiger partial charge in [0.2, 0.25) is 0 Å². The first-order chi connectivity index (χ1) is 31.2. The minimum atomic E-state index is 0.590. The van der Waals surface area contributed by atoms with Crippen molar-refractivity contribution in [1.29, 1.82) is 0 Å². The van der Waals surface area contributed by atoms with Crippen LogP contribution in [-0.2, 0) is 0 Å². The molecule has 0 aliphatic heterocycles. The Labute approximate surface area is 361 Å². The third-order valence-corrected chi connectivity index (χ3v) is 12.4. The quantitative estimate of drug-likeness (QED) is 0.168. The summed E-state index contributed by atoms with van der Waals surface area (Å²) in [4.78, 5) is 15.6. The summed E-state index contributed by atoms with van der Waals surface area (Å²) >= 11 is 0. The smallest absolute Gasteiger partial charge is 0.164 e. The maximum Gasteiger partial charge on any atom is 0.164 e. The zero-order chi connectivity index (χ0) is 41.4. The van der Waals surface area contributed by atoms with Crippen molar-refractivity contribution in [1.82, 2.24) is 24.1 Å². The molecule has 13 rings (SSSR count). The average molecular weight is 806 g/mol. The van der Waals surface area contributed by atoms with Gasteiger partial charge in [0.05, 0.1) is 27.8 Å². The molecule has 294 valence electrons. The predicted octanol–water partition coefficient (Wildman–Crippen LogP) is 14.6. The fourth-order valence-electron chi connectivity index (χ4n) is 9.47. The van der Waals surface area contributed by atoms with Gasteiger partial charge in [0, 0.05) is 54.7 Å². The number of hydrogen-bond donors (Lipinski definition) is 0. The largest absolute Gasteiger partial charge is 0.456 e. The molecule has 0 aliphatic carbocycles. The summed E-state index contributed by atoms with van der Waals surface area (Å²) in [7, 11) is 0. The Morgan fingerprint density at radius 3 is 1.49 bits per heavy atom. The molecule has 63 heavy (non-hydrogen) atoms. The van der Waals surface area contributed by atoms with E-state index < -0.39 is 0 Å². The molecule has 0 aliphatic rings. The molecule has 0 unspecified atom stereocenters. The van der Waals surface area contributed by atoms with Crippen molar-refractivity contribution in [3.63, 3.8) is 0 Å². The maximum absolute atomic E-state index is 6.35. The van der Waals surface area contributed by atoms with E-state index in [1.54, 1.807) is 0 Å². The van der Waals surface area contributed by atoms with E-state index in [4.69, 9.17) is 19.4 Å². The summed E-state index contributed by atoms with van der Waals surface area (Å²) in [5.74, 6) is 1.79. The lowest BCUT2D eigenvalue weighted by atomic mass is 10.0. The fraction of sp³-hybridized carbons (Fsp3) is 0. The molecule has 4 heterocycles. The van der Waals surface area contributed by atoms with Gasteiger partial charge in [-0.25, -0.2) is 15.0 Å². The summed E-state index contributed by atoms with van der Waals surface area (Å²) < 4.78 is 11.2. The second-order valence-corrected chi connectivity index (χ2v) is 16.0. The molecule has 0 radical (unpaired) electrons. The van der Waals surface area contributed by atoms with Crippen LogP contribution in [0.4, 0.5) is 0 Å². The van der Waals surface area contributed by atoms with E-state index in [9.17, 15) is 0 Å². The van der Waals surface area contributed by atoms with E-state index in [1.807, 2.05) is 48.5 Å². The van der Waals surface area contributed by atoms with Gasteiger partial charge in [0.15, 0.2) is 17.5 Å². The van der Waals surface area contributed by atoms with Gasteiger partial charge in [0.1, 0.15) is 11.2 Å². The van der Waals surface area contributed by atoms with Gasteiger partial charge in [-0.15, -0.1) is 0 Å². The van der Waals surface area contributed by atoms with Crippen LogP contribution >= 0.6 is 0 Å². The van der Waals surface area contributed by atoms with Crippen molar-refractivity contribution >= 4 is 65.6 Å². The lowest BCUT2D eigenvalue weighted by Gasteiger charge is -2.14. The SMILES string of the molecule is c1ccc(-c2ccc3oc4ccc(-c5nc(-c6ccccc6)nc(-c6ccc7c8ccccc8n(-c8cccc9c%10ccccc%10n(-c%10ccccc%10)c89)c7c6)n5)cc4c3c2)cc1. The third kappa shape index (κ3) is 5.62. The van der Waals surface area contributed by atoms with E-state index in [2.05, 4.69) is 173 Å². The van der Waals surface area contributed by atoms with Gasteiger partial charge in [0.25, 0.3) is 0 Å². The van der Waals surface area contributed by atoms with Crippen molar-refractivity contribution in [3.8, 4) is 56.7 Å². The summed E-state index contributed by atoms with van der Waals surface area (Å²) in [6.07, 6.45) is 0. The Bertz CT molecular complexity index is 3900. The second kappa shape index (κ2) is 14.0. The molecule has 6 heteroatoms. The molecule has 4 aromatic heterocycles. The van der Waals surface area contributed by atoms with E-state index >= 15 is 0 Å². The highest BCUT2D eigenvalue weighted by Crippen LogP contribution is 2.41. The van der Waals surface area contributed by atoms with E-state index in [0.29, 0.717) is 17.5 Å². The van der Waals surface area contributed by atoms with Crippen LogP contribution in [0, 0.1) is 0 Å². The van der Waals surface area contributed by atoms with Gasteiger partial charge in [-0.2, -0.15) is 0 Å². The molecule has 13 aromatic rings. The molecule has 0 spiro atoms. The van der Waals surface area contributed by atoms with Gasteiger partial charge in [-0.3, -0.25) is 0 Å². The van der Waals surface area contributed by atoms with Crippen molar-refractivity contribution in [2.45, 2.75) is 0 Å². The van der Waals surface area contributed by atoms with Crippen molar-refractivity contribution in [2.24, 2.45) is 0 Å². The molecule has 0 saturated carbocycles. The molecular formula is C57H35N5O. The number of nitrogens with zero attached hydrogens (tertiary/aromatic N) is 5. The second-order valence-electron chi connectivity index (χ2n) is 16.0. The van der Waals surface area contributed by atoms with Crippen molar-refractivity contribution < 1.29 is 4.42 Å². The van der Waals surface area contributed by atoms with Crippen LogP contribution in [-0.4, -0.2) is 24.1 Å². The lowest BCUT2D eigenvalue weighted by Crippen LogP contribution is -2.01. The summed E-state index contributed by atoms with van der Waals surface area (Å²) in [6, 6.07) is 74.5. The Morgan fingerprint density at radius 2 is 0.794 bits per heavy atom. The minimum absolute atomic E-state index is 0.590. The van der Waals surface area contributed by atoms with Crippen LogP contribution in [0.25, 0.3) is 122 Å². The Hall–Kier alpha value is -8.61. The van der Waals surface area contributed by atoms with Crippen molar-refractivity contribution in [2.75, 3.05) is 0 Å².